The topological polar surface area (TPSA) is 63.4 Å². The minimum absolute atomic E-state index is 0.110. The lowest BCUT2D eigenvalue weighted by Gasteiger charge is -2.33. The summed E-state index contributed by atoms with van der Waals surface area (Å²) < 4.78 is 37.1. The Morgan fingerprint density at radius 1 is 1.30 bits per heavy atom. The van der Waals surface area contributed by atoms with Gasteiger partial charge in [-0.2, -0.15) is 13.2 Å². The van der Waals surface area contributed by atoms with Crippen LogP contribution >= 0.6 is 0 Å². The number of carbonyl (C=O) groups excluding carboxylic acids is 2. The second-order valence-electron chi connectivity index (χ2n) is 4.73. The fourth-order valence-electron chi connectivity index (χ4n) is 2.29. The van der Waals surface area contributed by atoms with Crippen LogP contribution < -0.4 is 10.6 Å². The molecule has 4 nitrogen and oxygen atoms in total. The fourth-order valence-corrected chi connectivity index (χ4v) is 2.29. The molecule has 0 saturated carbocycles. The molecule has 7 heteroatoms. The summed E-state index contributed by atoms with van der Waals surface area (Å²) in [4.78, 5) is 24.1. The van der Waals surface area contributed by atoms with Crippen molar-refractivity contribution in [3.05, 3.63) is 29.8 Å². The number of rotatable bonds is 2. The van der Waals surface area contributed by atoms with Crippen LogP contribution in [0.5, 0.6) is 0 Å². The highest BCUT2D eigenvalue weighted by Gasteiger charge is 2.37. The number of benzene rings is 1. The lowest BCUT2D eigenvalue weighted by molar-refractivity contribution is -0.152. The number of primary amides is 1. The van der Waals surface area contributed by atoms with E-state index < -0.39 is 30.3 Å². The molecule has 0 spiro atoms. The van der Waals surface area contributed by atoms with Gasteiger partial charge in [-0.1, -0.05) is 18.2 Å². The van der Waals surface area contributed by atoms with Gasteiger partial charge in [-0.25, -0.2) is 0 Å². The van der Waals surface area contributed by atoms with E-state index in [4.69, 9.17) is 5.73 Å². The van der Waals surface area contributed by atoms with Crippen molar-refractivity contribution < 1.29 is 22.8 Å². The monoisotopic (exact) mass is 286 g/mol. The van der Waals surface area contributed by atoms with Crippen LogP contribution in [0.15, 0.2) is 24.3 Å². The molecule has 0 saturated heterocycles. The number of nitrogens with zero attached hydrogens (tertiary/aromatic N) is 1. The van der Waals surface area contributed by atoms with Gasteiger partial charge in [-0.15, -0.1) is 0 Å². The van der Waals surface area contributed by atoms with Crippen molar-refractivity contribution in [1.29, 1.82) is 0 Å². The van der Waals surface area contributed by atoms with Crippen molar-refractivity contribution in [3.63, 3.8) is 0 Å². The fraction of sp³-hybridized carbons (Fsp3) is 0.385. The number of carbonyl (C=O) groups is 2. The number of hydrogen-bond acceptors (Lipinski definition) is 2. The van der Waals surface area contributed by atoms with Gasteiger partial charge in [-0.3, -0.25) is 9.59 Å². The van der Waals surface area contributed by atoms with Gasteiger partial charge in [0.1, 0.15) is 6.42 Å². The van der Waals surface area contributed by atoms with E-state index in [0.717, 1.165) is 4.90 Å². The van der Waals surface area contributed by atoms with Gasteiger partial charge in [0.05, 0.1) is 5.92 Å². The molecule has 1 aromatic rings. The lowest BCUT2D eigenvalue weighted by Crippen LogP contribution is -2.45. The second kappa shape index (κ2) is 5.15. The maximum atomic E-state index is 12.4. The molecule has 2 amide bonds. The standard InChI is InChI=1S/C13H13F3N2O2/c14-13(15,16)6-11(19)18-7-9(12(17)20)5-8-3-1-2-4-10(8)18/h1-4,9H,5-7H2,(H2,17,20). The summed E-state index contributed by atoms with van der Waals surface area (Å²) in [7, 11) is 0. The molecule has 0 aromatic heterocycles. The zero-order valence-corrected chi connectivity index (χ0v) is 10.5. The van der Waals surface area contributed by atoms with Crippen molar-refractivity contribution in [3.8, 4) is 0 Å². The molecule has 2 N–H and O–H groups in total. The largest absolute Gasteiger partial charge is 0.397 e. The molecular formula is C13H13F3N2O2. The molecule has 0 fully saturated rings. The van der Waals surface area contributed by atoms with Crippen molar-refractivity contribution in [2.45, 2.75) is 19.0 Å². The van der Waals surface area contributed by atoms with E-state index in [1.807, 2.05) is 0 Å². The van der Waals surface area contributed by atoms with E-state index >= 15 is 0 Å². The average Bonchev–Trinajstić information content (AvgIpc) is 2.35. The Bertz CT molecular complexity index is 543. The Balaban J connectivity index is 2.31. The van der Waals surface area contributed by atoms with Gasteiger partial charge in [-0.05, 0) is 18.1 Å². The van der Waals surface area contributed by atoms with Crippen LogP contribution in [0.4, 0.5) is 18.9 Å². The smallest absolute Gasteiger partial charge is 0.369 e. The Kier molecular flexibility index (Phi) is 3.69. The van der Waals surface area contributed by atoms with Gasteiger partial charge < -0.3 is 10.6 Å². The molecule has 0 radical (unpaired) electrons. The molecule has 0 bridgehead atoms. The third-order valence-corrected chi connectivity index (χ3v) is 3.21. The summed E-state index contributed by atoms with van der Waals surface area (Å²) in [6.45, 7) is -0.110. The minimum Gasteiger partial charge on any atom is -0.369 e. The van der Waals surface area contributed by atoms with Crippen molar-refractivity contribution >= 4 is 17.5 Å². The van der Waals surface area contributed by atoms with E-state index in [-0.39, 0.29) is 6.54 Å². The molecule has 0 aliphatic carbocycles. The first-order valence-electron chi connectivity index (χ1n) is 6.02. The maximum Gasteiger partial charge on any atom is 0.397 e. The predicted octanol–water partition coefficient (Wildman–Crippen LogP) is 1.63. The quantitative estimate of drug-likeness (QED) is 0.898. The zero-order valence-electron chi connectivity index (χ0n) is 10.5. The number of nitrogens with two attached hydrogens (primary N) is 1. The number of anilines is 1. The van der Waals surface area contributed by atoms with Crippen LogP contribution in [0.25, 0.3) is 0 Å². The van der Waals surface area contributed by atoms with Gasteiger partial charge in [0.25, 0.3) is 0 Å². The van der Waals surface area contributed by atoms with E-state index in [1.54, 1.807) is 24.3 Å². The van der Waals surface area contributed by atoms with E-state index in [2.05, 4.69) is 0 Å². The van der Waals surface area contributed by atoms with E-state index in [9.17, 15) is 22.8 Å². The van der Waals surface area contributed by atoms with Crippen LogP contribution in [0.1, 0.15) is 12.0 Å². The van der Waals surface area contributed by atoms with E-state index in [1.165, 1.54) is 0 Å². The third-order valence-electron chi connectivity index (χ3n) is 3.21. The van der Waals surface area contributed by atoms with Crippen molar-refractivity contribution in [1.82, 2.24) is 0 Å². The Morgan fingerprint density at radius 2 is 1.95 bits per heavy atom. The summed E-state index contributed by atoms with van der Waals surface area (Å²) in [6.07, 6.45) is -5.79. The SMILES string of the molecule is NC(=O)C1Cc2ccccc2N(C(=O)CC(F)(F)F)C1. The number of hydrogen-bond donors (Lipinski definition) is 1. The molecular weight excluding hydrogens is 273 g/mol. The summed E-state index contributed by atoms with van der Waals surface area (Å²) in [6, 6.07) is 6.59. The highest BCUT2D eigenvalue weighted by molar-refractivity contribution is 5.96. The summed E-state index contributed by atoms with van der Waals surface area (Å²) >= 11 is 0. The summed E-state index contributed by atoms with van der Waals surface area (Å²) in [5.41, 5.74) is 6.28. The second-order valence-corrected chi connectivity index (χ2v) is 4.73. The normalized spacial score (nSPS) is 18.6. The molecule has 1 atom stereocenters. The minimum atomic E-state index is -4.58. The number of alkyl halides is 3. The average molecular weight is 286 g/mol. The number of halogens is 3. The summed E-state index contributed by atoms with van der Waals surface area (Å²) in [5, 5.41) is 0. The molecule has 1 heterocycles. The van der Waals surface area contributed by atoms with Gasteiger partial charge in [0.2, 0.25) is 11.8 Å². The highest BCUT2D eigenvalue weighted by Crippen LogP contribution is 2.31. The number of amides is 2. The molecule has 1 aliphatic rings. The Hall–Kier alpha value is -2.05. The van der Waals surface area contributed by atoms with Crippen LogP contribution in [0.3, 0.4) is 0 Å². The predicted molar refractivity (Wildman–Crippen MR) is 65.9 cm³/mol. The lowest BCUT2D eigenvalue weighted by atomic mass is 9.91. The first kappa shape index (κ1) is 14.4. The molecule has 2 rings (SSSR count). The molecule has 108 valence electrons. The van der Waals surface area contributed by atoms with Gasteiger partial charge >= 0.3 is 6.18 Å². The van der Waals surface area contributed by atoms with Crippen molar-refractivity contribution in [2.24, 2.45) is 11.7 Å². The van der Waals surface area contributed by atoms with Crippen LogP contribution in [0, 0.1) is 5.92 Å². The molecule has 1 aliphatic heterocycles. The molecule has 20 heavy (non-hydrogen) atoms. The third kappa shape index (κ3) is 3.09. The van der Waals surface area contributed by atoms with Crippen molar-refractivity contribution in [2.75, 3.05) is 11.4 Å². The van der Waals surface area contributed by atoms with Gasteiger partial charge in [0.15, 0.2) is 0 Å². The summed E-state index contributed by atoms with van der Waals surface area (Å²) in [5.74, 6) is -2.36. The molecule has 1 aromatic carbocycles. The first-order chi connectivity index (χ1) is 9.28. The van der Waals surface area contributed by atoms with Crippen LogP contribution in [-0.2, 0) is 16.0 Å². The Labute approximate surface area is 113 Å². The van der Waals surface area contributed by atoms with Gasteiger partial charge in [0, 0.05) is 12.2 Å². The number of para-hydroxylation sites is 1. The zero-order chi connectivity index (χ0) is 14.9. The maximum absolute atomic E-state index is 12.4. The Morgan fingerprint density at radius 3 is 2.55 bits per heavy atom. The number of fused-ring (bicyclic) bond motifs is 1. The van der Waals surface area contributed by atoms with E-state index in [0.29, 0.717) is 17.7 Å². The first-order valence-corrected chi connectivity index (χ1v) is 6.02. The van der Waals surface area contributed by atoms with Crippen LogP contribution in [-0.4, -0.2) is 24.5 Å². The highest BCUT2D eigenvalue weighted by atomic mass is 19.4. The van der Waals surface area contributed by atoms with Crippen LogP contribution in [0.2, 0.25) is 0 Å². The molecule has 1 unspecified atom stereocenters.